The average Bonchev–Trinajstić information content (AvgIpc) is 2.76. The molecule has 0 aromatic heterocycles. The van der Waals surface area contributed by atoms with Crippen molar-refractivity contribution in [3.05, 3.63) is 88.9 Å². The first-order chi connectivity index (χ1) is 15.2. The second-order valence-electron chi connectivity index (χ2n) is 6.64. The number of sulfonamides is 1. The van der Waals surface area contributed by atoms with E-state index in [1.807, 2.05) is 0 Å². The fraction of sp³-hybridized carbons (Fsp3) is 0.136. The molecule has 0 bridgehead atoms. The maximum absolute atomic E-state index is 12.7. The van der Waals surface area contributed by atoms with Crippen molar-refractivity contribution < 1.29 is 26.7 Å². The monoisotopic (exact) mass is 480 g/mol. The molecule has 0 radical (unpaired) electrons. The van der Waals surface area contributed by atoms with Crippen LogP contribution in [0.1, 0.15) is 15.9 Å². The molecule has 10 heteroatoms. The topological polar surface area (TPSA) is 84.5 Å². The van der Waals surface area contributed by atoms with Gasteiger partial charge in [0.15, 0.2) is 0 Å². The van der Waals surface area contributed by atoms with E-state index in [2.05, 4.69) is 14.8 Å². The van der Waals surface area contributed by atoms with Crippen molar-refractivity contribution >= 4 is 33.2 Å². The zero-order valence-corrected chi connectivity index (χ0v) is 18.2. The van der Waals surface area contributed by atoms with E-state index in [0.717, 1.165) is 5.56 Å². The number of carbonyl (C=O) groups excluding carboxylic acids is 1. The molecule has 6 nitrogen and oxygen atoms in total. The van der Waals surface area contributed by atoms with E-state index in [1.54, 1.807) is 30.3 Å². The Morgan fingerprint density at radius 2 is 1.72 bits per heavy atom. The van der Waals surface area contributed by atoms with E-state index in [4.69, 9.17) is 11.6 Å². The van der Waals surface area contributed by atoms with Crippen molar-refractivity contribution in [3.63, 3.8) is 0 Å². The number of halogens is 3. The smallest absolute Gasteiger partial charge is 0.387 e. The molecule has 1 amide bonds. The van der Waals surface area contributed by atoms with Crippen molar-refractivity contribution in [1.82, 2.24) is 5.32 Å². The Labute approximate surface area is 189 Å². The minimum absolute atomic E-state index is 0.0520. The third kappa shape index (κ3) is 6.41. The molecule has 0 aliphatic heterocycles. The summed E-state index contributed by atoms with van der Waals surface area (Å²) in [6, 6.07) is 18.1. The molecular formula is C22H19ClF2N2O4S. The molecule has 0 fully saturated rings. The van der Waals surface area contributed by atoms with Gasteiger partial charge in [0.25, 0.3) is 15.9 Å². The number of amides is 1. The molecule has 3 rings (SSSR count). The number of ether oxygens (including phenoxy) is 1. The van der Waals surface area contributed by atoms with Crippen LogP contribution in [0.2, 0.25) is 5.02 Å². The fourth-order valence-corrected chi connectivity index (χ4v) is 4.18. The van der Waals surface area contributed by atoms with Gasteiger partial charge in [-0.3, -0.25) is 9.52 Å². The van der Waals surface area contributed by atoms with Gasteiger partial charge in [-0.15, -0.1) is 0 Å². The lowest BCUT2D eigenvalue weighted by Crippen LogP contribution is -2.26. The zero-order chi connectivity index (χ0) is 23.1. The van der Waals surface area contributed by atoms with Crippen LogP contribution in [0, 0.1) is 0 Å². The standard InChI is InChI=1S/C22H19ClF2N2O4S/c23-19-6-1-2-7-20(19)27-32(29,30)18-5-3-4-16(14-18)21(28)26-13-12-15-8-10-17(11-9-15)31-22(24)25/h1-11,14,22,27H,12-13H2,(H,26,28). The van der Waals surface area contributed by atoms with Crippen molar-refractivity contribution in [3.8, 4) is 5.75 Å². The van der Waals surface area contributed by atoms with Crippen LogP contribution in [-0.2, 0) is 16.4 Å². The van der Waals surface area contributed by atoms with Gasteiger partial charge in [-0.2, -0.15) is 8.78 Å². The second-order valence-corrected chi connectivity index (χ2v) is 8.73. The largest absolute Gasteiger partial charge is 0.435 e. The Balaban J connectivity index is 1.60. The lowest BCUT2D eigenvalue weighted by atomic mass is 10.1. The molecular weight excluding hydrogens is 462 g/mol. The highest BCUT2D eigenvalue weighted by Crippen LogP contribution is 2.24. The van der Waals surface area contributed by atoms with Gasteiger partial charge in [0.2, 0.25) is 0 Å². The van der Waals surface area contributed by atoms with Gasteiger partial charge in [-0.05, 0) is 54.4 Å². The normalized spacial score (nSPS) is 11.2. The zero-order valence-electron chi connectivity index (χ0n) is 16.6. The molecule has 32 heavy (non-hydrogen) atoms. The van der Waals surface area contributed by atoms with Gasteiger partial charge in [0.05, 0.1) is 15.6 Å². The number of anilines is 1. The summed E-state index contributed by atoms with van der Waals surface area (Å²) < 4.78 is 56.4. The number of benzene rings is 3. The predicted octanol–water partition coefficient (Wildman–Crippen LogP) is 4.71. The van der Waals surface area contributed by atoms with Crippen LogP contribution in [0.3, 0.4) is 0 Å². The predicted molar refractivity (Wildman–Crippen MR) is 118 cm³/mol. The van der Waals surface area contributed by atoms with Crippen molar-refractivity contribution in [2.75, 3.05) is 11.3 Å². The van der Waals surface area contributed by atoms with Crippen molar-refractivity contribution in [2.45, 2.75) is 17.9 Å². The van der Waals surface area contributed by atoms with E-state index >= 15 is 0 Å². The fourth-order valence-electron chi connectivity index (χ4n) is 2.81. The summed E-state index contributed by atoms with van der Waals surface area (Å²) in [6.45, 7) is -2.62. The first kappa shape index (κ1) is 23.5. The molecule has 0 aliphatic carbocycles. The summed E-state index contributed by atoms with van der Waals surface area (Å²) in [6.07, 6.45) is 0.451. The molecule has 168 valence electrons. The highest BCUT2D eigenvalue weighted by atomic mass is 35.5. The van der Waals surface area contributed by atoms with Crippen LogP contribution in [-0.4, -0.2) is 27.5 Å². The summed E-state index contributed by atoms with van der Waals surface area (Å²) in [5.74, 6) is -0.395. The van der Waals surface area contributed by atoms with Crippen LogP contribution in [0.5, 0.6) is 5.75 Å². The summed E-state index contributed by atoms with van der Waals surface area (Å²) in [7, 11) is -3.95. The number of para-hydroxylation sites is 1. The van der Waals surface area contributed by atoms with E-state index in [-0.39, 0.29) is 33.5 Å². The van der Waals surface area contributed by atoms with Crippen molar-refractivity contribution in [2.24, 2.45) is 0 Å². The molecule has 0 spiro atoms. The summed E-state index contributed by atoms with van der Waals surface area (Å²) in [5, 5.41) is 2.95. The Bertz CT molecular complexity index is 1190. The third-order valence-corrected chi connectivity index (χ3v) is 6.07. The van der Waals surface area contributed by atoms with Gasteiger partial charge in [0, 0.05) is 12.1 Å². The van der Waals surface area contributed by atoms with Crippen LogP contribution in [0.15, 0.2) is 77.7 Å². The molecule has 3 aromatic rings. The molecule has 2 N–H and O–H groups in total. The first-order valence-electron chi connectivity index (χ1n) is 9.44. The van der Waals surface area contributed by atoms with Crippen molar-refractivity contribution in [1.29, 1.82) is 0 Å². The summed E-state index contributed by atoms with van der Waals surface area (Å²) in [4.78, 5) is 12.4. The molecule has 3 aromatic carbocycles. The number of nitrogens with one attached hydrogen (secondary N) is 2. The Hall–Kier alpha value is -3.17. The van der Waals surface area contributed by atoms with Crippen LogP contribution in [0.25, 0.3) is 0 Å². The van der Waals surface area contributed by atoms with E-state index < -0.39 is 22.5 Å². The minimum Gasteiger partial charge on any atom is -0.435 e. The lowest BCUT2D eigenvalue weighted by molar-refractivity contribution is -0.0498. The van der Waals surface area contributed by atoms with E-state index in [9.17, 15) is 22.0 Å². The number of carbonyl (C=O) groups is 1. The first-order valence-corrected chi connectivity index (χ1v) is 11.3. The number of hydrogen-bond donors (Lipinski definition) is 2. The van der Waals surface area contributed by atoms with Gasteiger partial charge in [-0.1, -0.05) is 41.9 Å². The highest BCUT2D eigenvalue weighted by Gasteiger charge is 2.17. The summed E-state index contributed by atoms with van der Waals surface area (Å²) in [5.41, 5.74) is 1.22. The summed E-state index contributed by atoms with van der Waals surface area (Å²) >= 11 is 6.01. The van der Waals surface area contributed by atoms with Crippen LogP contribution < -0.4 is 14.8 Å². The minimum atomic E-state index is -3.95. The Kier molecular flexibility index (Phi) is 7.66. The average molecular weight is 481 g/mol. The Morgan fingerprint density at radius 1 is 1.00 bits per heavy atom. The van der Waals surface area contributed by atoms with Gasteiger partial charge < -0.3 is 10.1 Å². The van der Waals surface area contributed by atoms with Crippen LogP contribution >= 0.6 is 11.6 Å². The highest BCUT2D eigenvalue weighted by molar-refractivity contribution is 7.92. The molecule has 0 saturated carbocycles. The quantitative estimate of drug-likeness (QED) is 0.464. The molecule has 0 unspecified atom stereocenters. The third-order valence-electron chi connectivity index (χ3n) is 4.37. The maximum atomic E-state index is 12.7. The number of rotatable bonds is 9. The molecule has 0 atom stereocenters. The Morgan fingerprint density at radius 3 is 2.41 bits per heavy atom. The van der Waals surface area contributed by atoms with Crippen LogP contribution in [0.4, 0.5) is 14.5 Å². The maximum Gasteiger partial charge on any atom is 0.387 e. The molecule has 0 saturated heterocycles. The van der Waals surface area contributed by atoms with Gasteiger partial charge in [-0.25, -0.2) is 8.42 Å². The van der Waals surface area contributed by atoms with E-state index in [0.29, 0.717) is 6.42 Å². The lowest BCUT2D eigenvalue weighted by Gasteiger charge is -2.11. The molecule has 0 heterocycles. The SMILES string of the molecule is O=C(NCCc1ccc(OC(F)F)cc1)c1cccc(S(=O)(=O)Nc2ccccc2Cl)c1. The van der Waals surface area contributed by atoms with Gasteiger partial charge in [0.1, 0.15) is 5.75 Å². The second kappa shape index (κ2) is 10.4. The number of hydrogen-bond acceptors (Lipinski definition) is 4. The number of alkyl halides is 2. The van der Waals surface area contributed by atoms with E-state index in [1.165, 1.54) is 42.5 Å². The van der Waals surface area contributed by atoms with Gasteiger partial charge >= 0.3 is 6.61 Å². The molecule has 0 aliphatic rings.